The average molecular weight is 144 g/mol. The number of fused-ring (bicyclic) bond motifs is 2. The van der Waals surface area contributed by atoms with Crippen LogP contribution in [0.3, 0.4) is 0 Å². The first-order valence-electron chi connectivity index (χ1n) is 3.92. The third kappa shape index (κ3) is 1.94. The molecule has 0 aromatic heterocycles. The summed E-state index contributed by atoms with van der Waals surface area (Å²) in [5, 5.41) is 0. The fourth-order valence-corrected chi connectivity index (χ4v) is 2.17. The normalized spacial score (nSPS) is 35.4. The van der Waals surface area contributed by atoms with E-state index in [9.17, 15) is 0 Å². The summed E-state index contributed by atoms with van der Waals surface area (Å²) in [5.74, 6) is 10.6. The summed E-state index contributed by atoms with van der Waals surface area (Å²) in [5.41, 5.74) is 0. The zero-order valence-electron chi connectivity index (χ0n) is 6.25. The van der Waals surface area contributed by atoms with Gasteiger partial charge in [-0.3, -0.25) is 0 Å². The fourth-order valence-electron chi connectivity index (χ4n) is 2.17. The molecule has 0 aliphatic heterocycles. The Labute approximate surface area is 61.6 Å². The second-order valence-electron chi connectivity index (χ2n) is 3.26. The Morgan fingerprint density at radius 2 is 1.20 bits per heavy atom. The van der Waals surface area contributed by atoms with Gasteiger partial charge in [0.15, 0.2) is 0 Å². The lowest BCUT2D eigenvalue weighted by molar-refractivity contribution is 0.142. The maximum atomic E-state index is 4.12. The van der Waals surface area contributed by atoms with Crippen LogP contribution in [0.5, 0.6) is 0 Å². The fraction of sp³-hybridized carbons (Fsp3) is 1.00. The Morgan fingerprint density at radius 3 is 1.30 bits per heavy atom. The van der Waals surface area contributed by atoms with Crippen LogP contribution in [0.1, 0.15) is 32.1 Å². The molecule has 2 fully saturated rings. The molecule has 0 unspecified atom stereocenters. The Bertz CT molecular complexity index is 79.6. The summed E-state index contributed by atoms with van der Waals surface area (Å²) >= 11 is 0. The third-order valence-electron chi connectivity index (χ3n) is 2.63. The van der Waals surface area contributed by atoms with Crippen molar-refractivity contribution in [3.05, 3.63) is 0 Å². The maximum Gasteiger partial charge on any atom is -0.0411 e. The van der Waals surface area contributed by atoms with Gasteiger partial charge in [0, 0.05) is 0 Å². The molecule has 0 radical (unpaired) electrons. The number of hydrogen-bond acceptors (Lipinski definition) is 3. The molecule has 0 amide bonds. The highest BCUT2D eigenvalue weighted by atomic mass is 16.7. The molecule has 0 aromatic rings. The van der Waals surface area contributed by atoms with E-state index in [-0.39, 0.29) is 0 Å². The van der Waals surface area contributed by atoms with Crippen LogP contribution in [0.25, 0.3) is 0 Å². The molecule has 0 aromatic carbocycles. The third-order valence-corrected chi connectivity index (χ3v) is 2.63. The van der Waals surface area contributed by atoms with Crippen LogP contribution in [0, 0.1) is 11.8 Å². The molecule has 0 atom stereocenters. The molecule has 2 aliphatic rings. The van der Waals surface area contributed by atoms with E-state index in [4.69, 9.17) is 0 Å². The van der Waals surface area contributed by atoms with E-state index in [0.29, 0.717) is 0 Å². The van der Waals surface area contributed by atoms with Gasteiger partial charge in [-0.25, -0.2) is 4.94 Å². The van der Waals surface area contributed by atoms with Gasteiger partial charge in [0.25, 0.3) is 0 Å². The van der Waals surface area contributed by atoms with Crippen LogP contribution in [0.15, 0.2) is 0 Å². The minimum atomic E-state index is 1.17. The Balaban J connectivity index is 0.000000148. The standard InChI is InChI=1S/C7H12.H4N2O/c1-2-7-4-3-6(1)5-7;1-3-2/h6-7H,1-5H2;1-2H2. The first kappa shape index (κ1) is 7.98. The second-order valence-corrected chi connectivity index (χ2v) is 3.26. The summed E-state index contributed by atoms with van der Waals surface area (Å²) in [6.45, 7) is 0. The molecule has 10 heavy (non-hydrogen) atoms. The van der Waals surface area contributed by atoms with E-state index in [1.807, 2.05) is 0 Å². The van der Waals surface area contributed by atoms with Gasteiger partial charge in [0.1, 0.15) is 0 Å². The topological polar surface area (TPSA) is 61.3 Å². The van der Waals surface area contributed by atoms with Gasteiger partial charge >= 0.3 is 0 Å². The van der Waals surface area contributed by atoms with Crippen LogP contribution >= 0.6 is 0 Å². The van der Waals surface area contributed by atoms with Crippen LogP contribution in [-0.4, -0.2) is 0 Å². The smallest absolute Gasteiger partial charge is 0.0411 e. The van der Waals surface area contributed by atoms with Crippen molar-refractivity contribution in [2.24, 2.45) is 23.6 Å². The Hall–Kier alpha value is -0.120. The minimum Gasteiger partial charge on any atom is -0.220 e. The van der Waals surface area contributed by atoms with E-state index in [2.05, 4.69) is 16.7 Å². The van der Waals surface area contributed by atoms with Crippen LogP contribution in [0.4, 0.5) is 0 Å². The van der Waals surface area contributed by atoms with Gasteiger partial charge in [0.05, 0.1) is 0 Å². The molecule has 3 nitrogen and oxygen atoms in total. The summed E-state index contributed by atoms with van der Waals surface area (Å²) in [7, 11) is 0. The second kappa shape index (κ2) is 3.91. The quantitative estimate of drug-likeness (QED) is 0.497. The van der Waals surface area contributed by atoms with Gasteiger partial charge in [0.2, 0.25) is 0 Å². The van der Waals surface area contributed by atoms with Gasteiger partial charge in [-0.1, -0.05) is 25.7 Å². The van der Waals surface area contributed by atoms with Crippen molar-refractivity contribution < 1.29 is 4.94 Å². The largest absolute Gasteiger partial charge is 0.220 e. The average Bonchev–Trinajstić information content (AvgIpc) is 2.49. The van der Waals surface area contributed by atoms with Crippen molar-refractivity contribution in [3.63, 3.8) is 0 Å². The summed E-state index contributed by atoms with van der Waals surface area (Å²) < 4.78 is 0. The van der Waals surface area contributed by atoms with Gasteiger partial charge in [-0.2, -0.15) is 11.8 Å². The van der Waals surface area contributed by atoms with Crippen molar-refractivity contribution >= 4 is 0 Å². The molecule has 0 heterocycles. The van der Waals surface area contributed by atoms with Gasteiger partial charge in [-0.05, 0) is 18.3 Å². The van der Waals surface area contributed by atoms with E-state index < -0.39 is 0 Å². The van der Waals surface area contributed by atoms with Crippen LogP contribution < -0.4 is 11.8 Å². The molecule has 4 N–H and O–H groups in total. The predicted octanol–water partition coefficient (Wildman–Crippen LogP) is 0.947. The van der Waals surface area contributed by atoms with Crippen molar-refractivity contribution in [2.75, 3.05) is 0 Å². The van der Waals surface area contributed by atoms with Crippen LogP contribution in [0.2, 0.25) is 0 Å². The summed E-state index contributed by atoms with van der Waals surface area (Å²) in [6, 6.07) is 0. The van der Waals surface area contributed by atoms with E-state index in [1.54, 1.807) is 32.1 Å². The lowest BCUT2D eigenvalue weighted by Crippen LogP contribution is -2.03. The highest BCUT2D eigenvalue weighted by Gasteiger charge is 2.30. The predicted molar refractivity (Wildman–Crippen MR) is 39.5 cm³/mol. The molecule has 2 saturated carbocycles. The molecule has 2 rings (SSSR count). The summed E-state index contributed by atoms with van der Waals surface area (Å²) in [4.78, 5) is 3.25. The number of hydrogen-bond donors (Lipinski definition) is 2. The molecule has 60 valence electrons. The highest BCUT2D eigenvalue weighted by Crippen LogP contribution is 2.43. The highest BCUT2D eigenvalue weighted by molar-refractivity contribution is 4.82. The Morgan fingerprint density at radius 1 is 0.900 bits per heavy atom. The van der Waals surface area contributed by atoms with Crippen molar-refractivity contribution in [1.82, 2.24) is 0 Å². The van der Waals surface area contributed by atoms with Crippen molar-refractivity contribution in [3.8, 4) is 0 Å². The lowest BCUT2D eigenvalue weighted by atomic mass is 10.0. The number of rotatable bonds is 0. The zero-order chi connectivity index (χ0) is 7.40. The van der Waals surface area contributed by atoms with Gasteiger partial charge < -0.3 is 0 Å². The van der Waals surface area contributed by atoms with Crippen molar-refractivity contribution in [2.45, 2.75) is 32.1 Å². The van der Waals surface area contributed by atoms with Crippen molar-refractivity contribution in [1.29, 1.82) is 0 Å². The number of nitrogens with two attached hydrogens (primary N) is 2. The monoisotopic (exact) mass is 144 g/mol. The molecular formula is C7H16N2O. The molecular weight excluding hydrogens is 128 g/mol. The molecule has 2 bridgehead atoms. The zero-order valence-corrected chi connectivity index (χ0v) is 6.25. The molecule has 0 saturated heterocycles. The molecule has 3 heteroatoms. The molecule has 0 spiro atoms. The van der Waals surface area contributed by atoms with E-state index in [1.165, 1.54) is 11.8 Å². The maximum absolute atomic E-state index is 4.12. The first-order valence-corrected chi connectivity index (χ1v) is 3.92. The first-order chi connectivity index (χ1) is 4.86. The van der Waals surface area contributed by atoms with Crippen LogP contribution in [-0.2, 0) is 4.94 Å². The van der Waals surface area contributed by atoms with E-state index in [0.717, 1.165) is 0 Å². The van der Waals surface area contributed by atoms with Gasteiger partial charge in [-0.15, -0.1) is 0 Å². The minimum absolute atomic E-state index is 1.17. The SMILES string of the molecule is C1CC2CCC1C2.NON. The van der Waals surface area contributed by atoms with E-state index >= 15 is 0 Å². The lowest BCUT2D eigenvalue weighted by Gasteiger charge is -2.05. The summed E-state index contributed by atoms with van der Waals surface area (Å²) in [6.07, 6.45) is 7.82. The Kier molecular flexibility index (Phi) is 3.12. The molecule has 2 aliphatic carbocycles.